The molecule has 0 atom stereocenters. The minimum atomic E-state index is -3.84. The number of halogens is 1. The quantitative estimate of drug-likeness (QED) is 0.889. The molecule has 0 aromatic heterocycles. The first kappa shape index (κ1) is 12.0. The molecule has 0 saturated heterocycles. The molecular formula is C10H11FN2O3S. The molecule has 1 aliphatic rings. The lowest BCUT2D eigenvalue weighted by Crippen LogP contribution is -2.25. The largest absolute Gasteiger partial charge is 0.374 e. The van der Waals surface area contributed by atoms with Gasteiger partial charge in [0.2, 0.25) is 0 Å². The van der Waals surface area contributed by atoms with Crippen molar-refractivity contribution < 1.29 is 17.5 Å². The molecule has 0 fully saturated rings. The van der Waals surface area contributed by atoms with Crippen molar-refractivity contribution in [3.8, 4) is 0 Å². The number of ether oxygens (including phenoxy) is 1. The summed E-state index contributed by atoms with van der Waals surface area (Å²) in [6.07, 6.45) is 0. The molecule has 1 aliphatic heterocycles. The minimum Gasteiger partial charge on any atom is -0.374 e. The number of hydrogen-bond donors (Lipinski definition) is 1. The summed E-state index contributed by atoms with van der Waals surface area (Å²) in [6.45, 7) is 2.32. The smallest absolute Gasteiger partial charge is 0.286 e. The molecule has 0 saturated carbocycles. The van der Waals surface area contributed by atoms with Gasteiger partial charge >= 0.3 is 0 Å². The first-order chi connectivity index (χ1) is 8.03. The van der Waals surface area contributed by atoms with E-state index in [1.165, 1.54) is 12.1 Å². The Hall–Kier alpha value is -1.47. The molecule has 1 N–H and O–H groups in total. The van der Waals surface area contributed by atoms with E-state index >= 15 is 0 Å². The Morgan fingerprint density at radius 3 is 2.94 bits per heavy atom. The van der Waals surface area contributed by atoms with Crippen LogP contribution < -0.4 is 5.32 Å². The van der Waals surface area contributed by atoms with Crippen LogP contribution in [-0.4, -0.2) is 27.5 Å². The highest BCUT2D eigenvalue weighted by Crippen LogP contribution is 2.27. The number of nitrogens with zero attached hydrogens (tertiary/aromatic N) is 1. The molecule has 0 amide bonds. The van der Waals surface area contributed by atoms with Gasteiger partial charge in [-0.2, -0.15) is 8.42 Å². The van der Waals surface area contributed by atoms with E-state index < -0.39 is 15.8 Å². The second kappa shape index (κ2) is 4.42. The number of anilines is 1. The predicted molar refractivity (Wildman–Crippen MR) is 61.1 cm³/mol. The van der Waals surface area contributed by atoms with Gasteiger partial charge in [0.15, 0.2) is 0 Å². The summed E-state index contributed by atoms with van der Waals surface area (Å²) >= 11 is 0. The van der Waals surface area contributed by atoms with Gasteiger partial charge in [0.1, 0.15) is 23.2 Å². The molecule has 17 heavy (non-hydrogen) atoms. The van der Waals surface area contributed by atoms with Gasteiger partial charge in [-0.3, -0.25) is 0 Å². The van der Waals surface area contributed by atoms with E-state index in [0.717, 1.165) is 6.07 Å². The van der Waals surface area contributed by atoms with E-state index in [0.29, 0.717) is 12.3 Å². The van der Waals surface area contributed by atoms with Crippen LogP contribution in [0.1, 0.15) is 6.92 Å². The number of amidine groups is 1. The van der Waals surface area contributed by atoms with E-state index in [4.69, 9.17) is 4.74 Å². The van der Waals surface area contributed by atoms with Gasteiger partial charge in [-0.25, -0.2) is 4.39 Å². The van der Waals surface area contributed by atoms with E-state index in [1.807, 2.05) is 0 Å². The normalized spacial score (nSPS) is 16.9. The van der Waals surface area contributed by atoms with Crippen LogP contribution in [0.25, 0.3) is 0 Å². The second-order valence-electron chi connectivity index (χ2n) is 3.42. The van der Waals surface area contributed by atoms with Crippen molar-refractivity contribution in [2.45, 2.75) is 11.8 Å². The van der Waals surface area contributed by atoms with Crippen molar-refractivity contribution in [3.63, 3.8) is 0 Å². The van der Waals surface area contributed by atoms with Gasteiger partial charge in [-0.05, 0) is 25.1 Å². The molecule has 0 aliphatic carbocycles. The lowest BCUT2D eigenvalue weighted by Gasteiger charge is -2.17. The first-order valence-electron chi connectivity index (χ1n) is 5.01. The SMILES string of the molecule is CCOCC1=NS(=O)(=O)c2cc(F)ccc2N1. The van der Waals surface area contributed by atoms with E-state index in [2.05, 4.69) is 9.71 Å². The van der Waals surface area contributed by atoms with E-state index in [1.54, 1.807) is 6.92 Å². The van der Waals surface area contributed by atoms with Crippen molar-refractivity contribution in [2.24, 2.45) is 4.40 Å². The van der Waals surface area contributed by atoms with Crippen molar-refractivity contribution in [1.29, 1.82) is 0 Å². The number of fused-ring (bicyclic) bond motifs is 1. The molecular weight excluding hydrogens is 247 g/mol. The zero-order valence-electron chi connectivity index (χ0n) is 9.10. The monoisotopic (exact) mass is 258 g/mol. The fourth-order valence-electron chi connectivity index (χ4n) is 1.45. The van der Waals surface area contributed by atoms with Crippen molar-refractivity contribution in [1.82, 2.24) is 0 Å². The Labute approximate surface area is 98.4 Å². The number of sulfonamides is 1. The van der Waals surface area contributed by atoms with Crippen LogP contribution in [0, 0.1) is 5.82 Å². The van der Waals surface area contributed by atoms with Gasteiger partial charge in [-0.15, -0.1) is 4.40 Å². The Bertz CT molecular complexity index is 569. The highest BCUT2D eigenvalue weighted by Gasteiger charge is 2.25. The second-order valence-corrected chi connectivity index (χ2v) is 4.99. The van der Waals surface area contributed by atoms with Gasteiger partial charge in [0, 0.05) is 6.61 Å². The summed E-state index contributed by atoms with van der Waals surface area (Å²) in [5.74, 6) is -0.413. The fourth-order valence-corrected chi connectivity index (χ4v) is 2.59. The van der Waals surface area contributed by atoms with Crippen LogP contribution in [0.3, 0.4) is 0 Å². The summed E-state index contributed by atoms with van der Waals surface area (Å²) in [5.41, 5.74) is 0.316. The van der Waals surface area contributed by atoms with Gasteiger partial charge in [0.25, 0.3) is 10.0 Å². The Morgan fingerprint density at radius 2 is 2.24 bits per heavy atom. The topological polar surface area (TPSA) is 67.8 Å². The third-order valence-corrected chi connectivity index (χ3v) is 3.53. The minimum absolute atomic E-state index is 0.0759. The third-order valence-electron chi connectivity index (χ3n) is 2.17. The molecule has 0 spiro atoms. The van der Waals surface area contributed by atoms with Crippen molar-refractivity contribution >= 4 is 21.5 Å². The lowest BCUT2D eigenvalue weighted by molar-refractivity contribution is 0.187. The average molecular weight is 258 g/mol. The molecule has 0 bridgehead atoms. The van der Waals surface area contributed by atoms with Crippen LogP contribution in [0.15, 0.2) is 27.5 Å². The Balaban J connectivity index is 2.40. The van der Waals surface area contributed by atoms with Crippen LogP contribution in [0.4, 0.5) is 10.1 Å². The molecule has 0 unspecified atom stereocenters. The molecule has 0 radical (unpaired) electrons. The highest BCUT2D eigenvalue weighted by atomic mass is 32.2. The summed E-state index contributed by atoms with van der Waals surface area (Å²) in [7, 11) is -3.84. The summed E-state index contributed by atoms with van der Waals surface area (Å²) in [6, 6.07) is 3.49. The third kappa shape index (κ3) is 2.45. The summed E-state index contributed by atoms with van der Waals surface area (Å²) in [4.78, 5) is -0.155. The molecule has 2 rings (SSSR count). The zero-order chi connectivity index (χ0) is 12.5. The maximum Gasteiger partial charge on any atom is 0.286 e. The fraction of sp³-hybridized carbons (Fsp3) is 0.300. The molecule has 7 heteroatoms. The van der Waals surface area contributed by atoms with Crippen LogP contribution in [-0.2, 0) is 14.8 Å². The Morgan fingerprint density at radius 1 is 1.47 bits per heavy atom. The summed E-state index contributed by atoms with van der Waals surface area (Å²) in [5, 5.41) is 2.79. The van der Waals surface area contributed by atoms with Crippen LogP contribution in [0.2, 0.25) is 0 Å². The highest BCUT2D eigenvalue weighted by molar-refractivity contribution is 7.90. The van der Waals surface area contributed by atoms with Crippen molar-refractivity contribution in [3.05, 3.63) is 24.0 Å². The molecule has 1 heterocycles. The summed E-state index contributed by atoms with van der Waals surface area (Å²) < 4.78 is 45.1. The first-order valence-corrected chi connectivity index (χ1v) is 6.45. The number of hydrogen-bond acceptors (Lipinski definition) is 4. The van der Waals surface area contributed by atoms with Crippen molar-refractivity contribution in [2.75, 3.05) is 18.5 Å². The maximum atomic E-state index is 13.0. The zero-order valence-corrected chi connectivity index (χ0v) is 9.92. The predicted octanol–water partition coefficient (Wildman–Crippen LogP) is 1.37. The lowest BCUT2D eigenvalue weighted by atomic mass is 10.3. The molecule has 5 nitrogen and oxygen atoms in total. The number of benzene rings is 1. The van der Waals surface area contributed by atoms with Gasteiger partial charge in [0.05, 0.1) is 5.69 Å². The number of nitrogens with one attached hydrogen (secondary N) is 1. The Kier molecular flexibility index (Phi) is 3.12. The maximum absolute atomic E-state index is 13.0. The van der Waals surface area contributed by atoms with Gasteiger partial charge in [-0.1, -0.05) is 0 Å². The standard InChI is InChI=1S/C10H11FN2O3S/c1-2-16-6-10-12-8-4-3-7(11)5-9(8)17(14,15)13-10/h3-5H,2,6H2,1H3,(H,12,13). The number of rotatable bonds is 3. The molecule has 1 aromatic rings. The molecule has 1 aromatic carbocycles. The van der Waals surface area contributed by atoms with Gasteiger partial charge < -0.3 is 10.1 Å². The van der Waals surface area contributed by atoms with Crippen LogP contribution in [0.5, 0.6) is 0 Å². The van der Waals surface area contributed by atoms with E-state index in [-0.39, 0.29) is 17.3 Å². The van der Waals surface area contributed by atoms with E-state index in [9.17, 15) is 12.8 Å². The average Bonchev–Trinajstić information content (AvgIpc) is 2.27. The molecule has 92 valence electrons. The van der Waals surface area contributed by atoms with Crippen LogP contribution >= 0.6 is 0 Å².